The van der Waals surface area contributed by atoms with Crippen molar-refractivity contribution in [1.82, 2.24) is 9.38 Å². The number of aliphatic hydroxyl groups is 1. The largest absolute Gasteiger partial charge is 0.392 e. The number of aliphatic hydroxyl groups excluding tert-OH is 1. The van der Waals surface area contributed by atoms with Gasteiger partial charge in [-0.1, -0.05) is 26.2 Å². The second-order valence-corrected chi connectivity index (χ2v) is 6.66. The maximum atomic E-state index is 10.4. The molecule has 0 amide bonds. The number of hydrogen-bond acceptors (Lipinski definition) is 3. The molecule has 2 aromatic rings. The minimum Gasteiger partial charge on any atom is -0.392 e. The predicted molar refractivity (Wildman–Crippen MR) is 78.5 cm³/mol. The summed E-state index contributed by atoms with van der Waals surface area (Å²) in [5, 5.41) is 12.4. The second-order valence-electron chi connectivity index (χ2n) is 5.79. The van der Waals surface area contributed by atoms with Crippen molar-refractivity contribution in [3.63, 3.8) is 0 Å². The highest BCUT2D eigenvalue weighted by molar-refractivity contribution is 7.15. The molecule has 4 heteroatoms. The van der Waals surface area contributed by atoms with E-state index in [0.29, 0.717) is 12.3 Å². The maximum absolute atomic E-state index is 10.4. The first kappa shape index (κ1) is 13.1. The molecule has 1 atom stereocenters. The van der Waals surface area contributed by atoms with Gasteiger partial charge in [-0.25, -0.2) is 4.98 Å². The molecular formula is C15H22N2OS. The van der Waals surface area contributed by atoms with Gasteiger partial charge in [-0.2, -0.15) is 0 Å². The van der Waals surface area contributed by atoms with Crippen molar-refractivity contribution in [2.75, 3.05) is 0 Å². The van der Waals surface area contributed by atoms with Gasteiger partial charge in [0.15, 0.2) is 4.96 Å². The molecule has 1 N–H and O–H groups in total. The van der Waals surface area contributed by atoms with Crippen molar-refractivity contribution in [2.45, 2.75) is 51.6 Å². The van der Waals surface area contributed by atoms with E-state index >= 15 is 0 Å². The van der Waals surface area contributed by atoms with Crippen molar-refractivity contribution in [2.24, 2.45) is 11.8 Å². The Labute approximate surface area is 118 Å². The van der Waals surface area contributed by atoms with Crippen LogP contribution < -0.4 is 0 Å². The topological polar surface area (TPSA) is 37.5 Å². The Balaban J connectivity index is 1.59. The monoisotopic (exact) mass is 278 g/mol. The van der Waals surface area contributed by atoms with Crippen LogP contribution in [0, 0.1) is 11.8 Å². The van der Waals surface area contributed by atoms with E-state index in [1.54, 1.807) is 11.3 Å². The standard InChI is InChI=1S/C15H22N2OS/c1-2-11-3-5-12(6-4-11)14(18)9-13-10-17-7-8-19-15(17)16-13/h7-8,10-12,14,18H,2-6,9H2,1H3. The van der Waals surface area contributed by atoms with Crippen LogP contribution in [0.15, 0.2) is 17.8 Å². The molecule has 1 aliphatic rings. The number of imidazole rings is 1. The van der Waals surface area contributed by atoms with Crippen molar-refractivity contribution >= 4 is 16.3 Å². The van der Waals surface area contributed by atoms with Gasteiger partial charge in [-0.05, 0) is 24.7 Å². The summed E-state index contributed by atoms with van der Waals surface area (Å²) in [5.74, 6) is 1.36. The normalized spacial score (nSPS) is 25.8. The van der Waals surface area contributed by atoms with E-state index in [4.69, 9.17) is 0 Å². The second kappa shape index (κ2) is 5.63. The van der Waals surface area contributed by atoms with Gasteiger partial charge in [-0.15, -0.1) is 11.3 Å². The van der Waals surface area contributed by atoms with Crippen LogP contribution in [0.3, 0.4) is 0 Å². The molecule has 1 saturated carbocycles. The Bertz CT molecular complexity index is 496. The van der Waals surface area contributed by atoms with E-state index in [0.717, 1.165) is 16.6 Å². The fourth-order valence-corrected chi connectivity index (χ4v) is 3.96. The van der Waals surface area contributed by atoms with E-state index in [-0.39, 0.29) is 6.10 Å². The number of fused-ring (bicyclic) bond motifs is 1. The third-order valence-corrected chi connectivity index (χ3v) is 5.35. The van der Waals surface area contributed by atoms with Gasteiger partial charge in [0.05, 0.1) is 11.8 Å². The first-order valence-electron chi connectivity index (χ1n) is 7.35. The van der Waals surface area contributed by atoms with Crippen molar-refractivity contribution < 1.29 is 5.11 Å². The Morgan fingerprint density at radius 1 is 1.42 bits per heavy atom. The Kier molecular flexibility index (Phi) is 3.89. The van der Waals surface area contributed by atoms with Crippen LogP contribution in [0.5, 0.6) is 0 Å². The molecule has 19 heavy (non-hydrogen) atoms. The lowest BCUT2D eigenvalue weighted by Gasteiger charge is -2.30. The highest BCUT2D eigenvalue weighted by Gasteiger charge is 2.26. The van der Waals surface area contributed by atoms with Crippen molar-refractivity contribution in [3.8, 4) is 0 Å². The molecule has 1 unspecified atom stereocenters. The molecule has 1 fully saturated rings. The van der Waals surface area contributed by atoms with Crippen molar-refractivity contribution in [3.05, 3.63) is 23.5 Å². The Hall–Kier alpha value is -0.870. The summed E-state index contributed by atoms with van der Waals surface area (Å²) in [5.41, 5.74) is 1.02. The van der Waals surface area contributed by atoms with E-state index in [1.165, 1.54) is 32.1 Å². The SMILES string of the molecule is CCC1CCC(C(O)Cc2cn3ccsc3n2)CC1. The van der Waals surface area contributed by atoms with Crippen LogP contribution in [-0.2, 0) is 6.42 Å². The van der Waals surface area contributed by atoms with Gasteiger partial charge >= 0.3 is 0 Å². The predicted octanol–water partition coefficient (Wildman–Crippen LogP) is 3.52. The zero-order chi connectivity index (χ0) is 13.2. The third kappa shape index (κ3) is 2.84. The molecule has 1 aliphatic carbocycles. The summed E-state index contributed by atoms with van der Waals surface area (Å²) in [6, 6.07) is 0. The molecule has 3 nitrogen and oxygen atoms in total. The average Bonchev–Trinajstić information content (AvgIpc) is 2.99. The van der Waals surface area contributed by atoms with Gasteiger partial charge in [0.1, 0.15) is 0 Å². The molecule has 2 heterocycles. The van der Waals surface area contributed by atoms with Crippen LogP contribution in [-0.4, -0.2) is 20.6 Å². The lowest BCUT2D eigenvalue weighted by atomic mass is 9.77. The summed E-state index contributed by atoms with van der Waals surface area (Å²) >= 11 is 1.64. The number of nitrogens with zero attached hydrogens (tertiary/aromatic N) is 2. The molecular weight excluding hydrogens is 256 g/mol. The molecule has 0 bridgehead atoms. The summed E-state index contributed by atoms with van der Waals surface area (Å²) in [7, 11) is 0. The Morgan fingerprint density at radius 3 is 2.89 bits per heavy atom. The van der Waals surface area contributed by atoms with Crippen LogP contribution in [0.4, 0.5) is 0 Å². The summed E-state index contributed by atoms with van der Waals surface area (Å²) in [6.45, 7) is 2.28. The van der Waals surface area contributed by atoms with E-state index in [9.17, 15) is 5.11 Å². The zero-order valence-electron chi connectivity index (χ0n) is 11.5. The van der Waals surface area contributed by atoms with Gasteiger partial charge in [0.2, 0.25) is 0 Å². The number of hydrogen-bond donors (Lipinski definition) is 1. The minimum absolute atomic E-state index is 0.220. The van der Waals surface area contributed by atoms with Gasteiger partial charge in [0.25, 0.3) is 0 Å². The fraction of sp³-hybridized carbons (Fsp3) is 0.667. The highest BCUT2D eigenvalue weighted by atomic mass is 32.1. The minimum atomic E-state index is -0.220. The number of thiazole rings is 1. The van der Waals surface area contributed by atoms with Crippen LogP contribution >= 0.6 is 11.3 Å². The molecule has 2 aromatic heterocycles. The Morgan fingerprint density at radius 2 is 2.21 bits per heavy atom. The van der Waals surface area contributed by atoms with E-state index in [1.807, 2.05) is 22.2 Å². The molecule has 0 aromatic carbocycles. The average molecular weight is 278 g/mol. The summed E-state index contributed by atoms with van der Waals surface area (Å²) in [6.07, 6.45) is 10.8. The molecule has 104 valence electrons. The van der Waals surface area contributed by atoms with Gasteiger partial charge < -0.3 is 5.11 Å². The summed E-state index contributed by atoms with van der Waals surface area (Å²) in [4.78, 5) is 5.59. The summed E-state index contributed by atoms with van der Waals surface area (Å²) < 4.78 is 2.04. The lowest BCUT2D eigenvalue weighted by Crippen LogP contribution is -2.27. The lowest BCUT2D eigenvalue weighted by molar-refractivity contribution is 0.0729. The number of rotatable bonds is 4. The smallest absolute Gasteiger partial charge is 0.193 e. The molecule has 0 aliphatic heterocycles. The quantitative estimate of drug-likeness (QED) is 0.929. The van der Waals surface area contributed by atoms with Crippen LogP contribution in [0.1, 0.15) is 44.7 Å². The maximum Gasteiger partial charge on any atom is 0.193 e. The van der Waals surface area contributed by atoms with Crippen LogP contribution in [0.25, 0.3) is 4.96 Å². The zero-order valence-corrected chi connectivity index (χ0v) is 12.3. The van der Waals surface area contributed by atoms with Gasteiger partial charge in [0, 0.05) is 24.2 Å². The first-order valence-corrected chi connectivity index (χ1v) is 8.23. The van der Waals surface area contributed by atoms with Gasteiger partial charge in [-0.3, -0.25) is 4.40 Å². The van der Waals surface area contributed by atoms with Crippen LogP contribution in [0.2, 0.25) is 0 Å². The molecule has 3 rings (SSSR count). The highest BCUT2D eigenvalue weighted by Crippen LogP contribution is 2.33. The number of aromatic nitrogens is 2. The molecule has 0 spiro atoms. The first-order chi connectivity index (χ1) is 9.26. The van der Waals surface area contributed by atoms with E-state index in [2.05, 4.69) is 11.9 Å². The fourth-order valence-electron chi connectivity index (χ4n) is 3.24. The van der Waals surface area contributed by atoms with Crippen molar-refractivity contribution in [1.29, 1.82) is 0 Å². The van der Waals surface area contributed by atoms with E-state index < -0.39 is 0 Å². The molecule has 0 radical (unpaired) electrons. The molecule has 0 saturated heterocycles. The third-order valence-electron chi connectivity index (χ3n) is 4.57.